The Balaban J connectivity index is 1.31. The van der Waals surface area contributed by atoms with Crippen LogP contribution in [0.2, 0.25) is 0 Å². The molecule has 7 aromatic rings. The molecule has 0 radical (unpaired) electrons. The fraction of sp³-hybridized carbons (Fsp3) is 0.111. The third-order valence-electron chi connectivity index (χ3n) is 8.47. The second kappa shape index (κ2) is 7.26. The van der Waals surface area contributed by atoms with E-state index < -0.39 is 0 Å². The molecule has 2 heteroatoms. The minimum atomic E-state index is -0.0229. The second-order valence-electron chi connectivity index (χ2n) is 11.2. The summed E-state index contributed by atoms with van der Waals surface area (Å²) in [7, 11) is 0. The van der Waals surface area contributed by atoms with Gasteiger partial charge in [0.1, 0.15) is 22.3 Å². The highest BCUT2D eigenvalue weighted by Crippen LogP contribution is 2.49. The lowest BCUT2D eigenvalue weighted by atomic mass is 9.81. The summed E-state index contributed by atoms with van der Waals surface area (Å²) in [4.78, 5) is 0. The van der Waals surface area contributed by atoms with Crippen molar-refractivity contribution in [2.75, 3.05) is 0 Å². The molecule has 1 aliphatic carbocycles. The Morgan fingerprint density at radius 3 is 1.95 bits per heavy atom. The summed E-state index contributed by atoms with van der Waals surface area (Å²) in [6.07, 6.45) is 0. The van der Waals surface area contributed by atoms with E-state index in [-0.39, 0.29) is 5.41 Å². The molecular formula is C36H26O2. The first-order valence-electron chi connectivity index (χ1n) is 13.1. The maximum Gasteiger partial charge on any atom is 0.139 e. The molecule has 38 heavy (non-hydrogen) atoms. The topological polar surface area (TPSA) is 26.3 Å². The van der Waals surface area contributed by atoms with E-state index in [0.717, 1.165) is 55.0 Å². The minimum Gasteiger partial charge on any atom is -0.456 e. The largest absolute Gasteiger partial charge is 0.456 e. The first-order chi connectivity index (χ1) is 18.4. The Kier molecular flexibility index (Phi) is 4.11. The summed E-state index contributed by atoms with van der Waals surface area (Å²) in [6.45, 7) is 10.8. The molecule has 1 aliphatic rings. The predicted octanol–water partition coefficient (Wildman–Crippen LogP) is 10.5. The quantitative estimate of drug-likeness (QED) is 0.241. The average molecular weight is 491 g/mol. The van der Waals surface area contributed by atoms with Gasteiger partial charge >= 0.3 is 0 Å². The highest BCUT2D eigenvalue weighted by Gasteiger charge is 2.35. The van der Waals surface area contributed by atoms with E-state index in [1.54, 1.807) is 0 Å². The Morgan fingerprint density at radius 1 is 0.579 bits per heavy atom. The van der Waals surface area contributed by atoms with Gasteiger partial charge in [-0.3, -0.25) is 0 Å². The highest BCUT2D eigenvalue weighted by molar-refractivity contribution is 6.15. The number of furan rings is 2. The van der Waals surface area contributed by atoms with Crippen LogP contribution in [-0.2, 0) is 5.41 Å². The van der Waals surface area contributed by atoms with E-state index in [1.807, 2.05) is 19.1 Å². The number of rotatable bonds is 2. The van der Waals surface area contributed by atoms with Gasteiger partial charge in [-0.1, -0.05) is 74.5 Å². The summed E-state index contributed by atoms with van der Waals surface area (Å²) >= 11 is 0. The molecule has 2 aromatic heterocycles. The molecule has 0 N–H and O–H groups in total. The van der Waals surface area contributed by atoms with Crippen molar-refractivity contribution in [1.82, 2.24) is 0 Å². The van der Waals surface area contributed by atoms with E-state index in [1.165, 1.54) is 33.4 Å². The summed E-state index contributed by atoms with van der Waals surface area (Å²) in [6, 6.07) is 32.7. The van der Waals surface area contributed by atoms with Crippen molar-refractivity contribution < 1.29 is 8.83 Å². The first kappa shape index (κ1) is 21.5. The Hall–Kier alpha value is -4.56. The van der Waals surface area contributed by atoms with Gasteiger partial charge in [0.05, 0.1) is 0 Å². The van der Waals surface area contributed by atoms with Crippen molar-refractivity contribution in [2.24, 2.45) is 0 Å². The van der Waals surface area contributed by atoms with Crippen LogP contribution in [0.1, 0.15) is 37.5 Å². The average Bonchev–Trinajstić information content (AvgIpc) is 3.54. The summed E-state index contributed by atoms with van der Waals surface area (Å²) in [5, 5.41) is 4.42. The van der Waals surface area contributed by atoms with Gasteiger partial charge in [-0.05, 0) is 82.3 Å². The van der Waals surface area contributed by atoms with Crippen LogP contribution in [-0.4, -0.2) is 0 Å². The number of hydrogen-bond acceptors (Lipinski definition) is 2. The molecule has 0 amide bonds. The van der Waals surface area contributed by atoms with Crippen molar-refractivity contribution in [2.45, 2.75) is 26.2 Å². The van der Waals surface area contributed by atoms with Crippen molar-refractivity contribution in [1.29, 1.82) is 0 Å². The molecule has 0 spiro atoms. The Labute approximate surface area is 220 Å². The van der Waals surface area contributed by atoms with Crippen LogP contribution in [0.4, 0.5) is 0 Å². The maximum absolute atomic E-state index is 6.28. The van der Waals surface area contributed by atoms with Gasteiger partial charge in [0.2, 0.25) is 0 Å². The van der Waals surface area contributed by atoms with E-state index >= 15 is 0 Å². The van der Waals surface area contributed by atoms with Gasteiger partial charge in [-0.2, -0.15) is 0 Å². The van der Waals surface area contributed by atoms with Crippen LogP contribution in [0, 0.1) is 0 Å². The molecule has 2 heterocycles. The van der Waals surface area contributed by atoms with Crippen LogP contribution >= 0.6 is 0 Å². The van der Waals surface area contributed by atoms with Gasteiger partial charge in [0, 0.05) is 33.0 Å². The number of hydrogen-bond donors (Lipinski definition) is 0. The smallest absolute Gasteiger partial charge is 0.139 e. The third kappa shape index (κ3) is 2.83. The minimum absolute atomic E-state index is 0.0229. The lowest BCUT2D eigenvalue weighted by molar-refractivity contribution is 0.656. The van der Waals surface area contributed by atoms with Crippen LogP contribution < -0.4 is 0 Å². The van der Waals surface area contributed by atoms with Gasteiger partial charge in [0.15, 0.2) is 0 Å². The third-order valence-corrected chi connectivity index (χ3v) is 8.47. The molecular weight excluding hydrogens is 464 g/mol. The molecule has 8 rings (SSSR count). The van der Waals surface area contributed by atoms with Gasteiger partial charge in [0.25, 0.3) is 0 Å². The Morgan fingerprint density at radius 2 is 1.18 bits per heavy atom. The monoisotopic (exact) mass is 490 g/mol. The van der Waals surface area contributed by atoms with Crippen LogP contribution in [0.5, 0.6) is 0 Å². The lowest BCUT2D eigenvalue weighted by Crippen LogP contribution is -2.14. The molecule has 0 atom stereocenters. The van der Waals surface area contributed by atoms with Crippen molar-refractivity contribution in [3.63, 3.8) is 0 Å². The van der Waals surface area contributed by atoms with Crippen LogP contribution in [0.15, 0.2) is 106 Å². The van der Waals surface area contributed by atoms with Gasteiger partial charge < -0.3 is 8.83 Å². The molecule has 0 fully saturated rings. The van der Waals surface area contributed by atoms with Crippen molar-refractivity contribution in [3.8, 4) is 22.3 Å². The van der Waals surface area contributed by atoms with Crippen LogP contribution in [0.25, 0.3) is 71.7 Å². The normalized spacial score (nSPS) is 14.0. The number of benzene rings is 5. The summed E-state index contributed by atoms with van der Waals surface area (Å²) in [5.41, 5.74) is 13.5. The second-order valence-corrected chi connectivity index (χ2v) is 11.2. The van der Waals surface area contributed by atoms with Crippen molar-refractivity contribution >= 4 is 49.5 Å². The van der Waals surface area contributed by atoms with E-state index in [0.29, 0.717) is 0 Å². The predicted molar refractivity (Wildman–Crippen MR) is 159 cm³/mol. The summed E-state index contributed by atoms with van der Waals surface area (Å²) in [5.74, 6) is 0. The van der Waals surface area contributed by atoms with Crippen molar-refractivity contribution in [3.05, 3.63) is 114 Å². The molecule has 5 aromatic carbocycles. The first-order valence-corrected chi connectivity index (χ1v) is 13.1. The van der Waals surface area contributed by atoms with E-state index in [2.05, 4.69) is 99.3 Å². The van der Waals surface area contributed by atoms with Gasteiger partial charge in [-0.25, -0.2) is 0 Å². The summed E-state index contributed by atoms with van der Waals surface area (Å²) < 4.78 is 12.5. The number of fused-ring (bicyclic) bond motifs is 9. The number of allylic oxidation sites excluding steroid dienone is 1. The maximum atomic E-state index is 6.28. The molecule has 182 valence electrons. The fourth-order valence-corrected chi connectivity index (χ4v) is 6.38. The van der Waals surface area contributed by atoms with E-state index in [9.17, 15) is 0 Å². The van der Waals surface area contributed by atoms with Gasteiger partial charge in [-0.15, -0.1) is 0 Å². The molecule has 0 saturated heterocycles. The molecule has 2 nitrogen and oxygen atoms in total. The zero-order valence-corrected chi connectivity index (χ0v) is 21.7. The molecule has 0 bridgehead atoms. The highest BCUT2D eigenvalue weighted by atomic mass is 16.3. The molecule has 0 unspecified atom stereocenters. The SMILES string of the molecule is C=C(C)c1ccc2oc3cc4oc5ccc(-c6ccc7c(c6)C(C)(C)c6ccccc6-7)cc5c4cc3c2c1. The standard InChI is InChI=1S/C36H26O2/c1-20(2)21-10-13-32-26(15-21)28-18-29-27-16-22(11-14-33(27)38-35(29)19-34(28)37-32)23-9-12-25-24-7-5-6-8-30(24)36(3,4)31(25)17-23/h5-19H,1H2,2-4H3. The molecule has 0 saturated carbocycles. The molecule has 0 aliphatic heterocycles. The zero-order valence-electron chi connectivity index (χ0n) is 21.7. The zero-order chi connectivity index (χ0) is 25.8. The lowest BCUT2D eigenvalue weighted by Gasteiger charge is -2.22. The van der Waals surface area contributed by atoms with E-state index in [4.69, 9.17) is 8.83 Å². The van der Waals surface area contributed by atoms with Crippen LogP contribution in [0.3, 0.4) is 0 Å². The Bertz CT molecular complexity index is 2130. The fourth-order valence-electron chi connectivity index (χ4n) is 6.38.